The Hall–Kier alpha value is -0.650. The number of likely N-dealkylation sites (tertiary alicyclic amines) is 1. The second-order valence-electron chi connectivity index (χ2n) is 6.32. The predicted octanol–water partition coefficient (Wildman–Crippen LogP) is 0.695. The third-order valence-electron chi connectivity index (χ3n) is 4.71. The highest BCUT2D eigenvalue weighted by molar-refractivity contribution is 5.82. The van der Waals surface area contributed by atoms with Gasteiger partial charge in [-0.1, -0.05) is 0 Å². The fourth-order valence-corrected chi connectivity index (χ4v) is 3.20. The van der Waals surface area contributed by atoms with Crippen LogP contribution in [0.1, 0.15) is 33.6 Å². The molecule has 2 saturated heterocycles. The monoisotopic (exact) mass is 283 g/mol. The summed E-state index contributed by atoms with van der Waals surface area (Å²) in [4.78, 5) is 17.0. The molecular formula is C15H29N3O2. The molecule has 2 atom stereocenters. The largest absolute Gasteiger partial charge is 0.375 e. The van der Waals surface area contributed by atoms with Crippen molar-refractivity contribution < 1.29 is 9.53 Å². The molecule has 5 nitrogen and oxygen atoms in total. The predicted molar refractivity (Wildman–Crippen MR) is 79.7 cm³/mol. The molecule has 2 fully saturated rings. The average Bonchev–Trinajstić information content (AvgIpc) is 2.46. The van der Waals surface area contributed by atoms with Crippen molar-refractivity contribution in [1.29, 1.82) is 0 Å². The summed E-state index contributed by atoms with van der Waals surface area (Å²) in [7, 11) is 1.95. The van der Waals surface area contributed by atoms with Crippen LogP contribution in [0, 0.1) is 0 Å². The Bertz CT molecular complexity index is 327. The number of carbonyl (C=O) groups excluding carboxylic acids is 1. The van der Waals surface area contributed by atoms with Crippen molar-refractivity contribution in [3.05, 3.63) is 0 Å². The molecule has 2 aliphatic rings. The van der Waals surface area contributed by atoms with Crippen molar-refractivity contribution in [2.24, 2.45) is 0 Å². The smallest absolute Gasteiger partial charge is 0.242 e. The number of hydrogen-bond donors (Lipinski definition) is 1. The van der Waals surface area contributed by atoms with Crippen LogP contribution in [-0.4, -0.2) is 73.2 Å². The lowest BCUT2D eigenvalue weighted by molar-refractivity contribution is -0.141. The number of nitrogens with one attached hydrogen (secondary N) is 1. The second-order valence-corrected chi connectivity index (χ2v) is 6.32. The molecule has 2 aliphatic heterocycles. The Balaban J connectivity index is 1.88. The number of piperidine rings is 1. The van der Waals surface area contributed by atoms with E-state index < -0.39 is 0 Å². The van der Waals surface area contributed by atoms with Crippen LogP contribution in [-0.2, 0) is 9.53 Å². The molecule has 1 N–H and O–H groups in total. The fraction of sp³-hybridized carbons (Fsp3) is 0.933. The normalized spacial score (nSPS) is 29.6. The average molecular weight is 283 g/mol. The Morgan fingerprint density at radius 3 is 2.55 bits per heavy atom. The van der Waals surface area contributed by atoms with Crippen molar-refractivity contribution in [2.45, 2.75) is 57.8 Å². The zero-order valence-electron chi connectivity index (χ0n) is 13.3. The summed E-state index contributed by atoms with van der Waals surface area (Å²) in [5, 5.41) is 3.29. The molecule has 1 amide bonds. The minimum atomic E-state index is -0.183. The van der Waals surface area contributed by atoms with Crippen LogP contribution in [0.15, 0.2) is 0 Å². The van der Waals surface area contributed by atoms with Gasteiger partial charge in [0.15, 0.2) is 0 Å². The number of amides is 1. The minimum Gasteiger partial charge on any atom is -0.375 e. The molecule has 0 saturated carbocycles. The van der Waals surface area contributed by atoms with E-state index in [-0.39, 0.29) is 18.1 Å². The standard InChI is InChI=1S/C15H29N3O2/c1-11(2)18-8-5-13(6-9-18)17(4)15(19)14-12(3)20-10-7-16-14/h11-14,16H,5-10H2,1-4H3/t12-,14+/m1/s1. The van der Waals surface area contributed by atoms with Crippen molar-refractivity contribution in [3.8, 4) is 0 Å². The number of nitrogens with zero attached hydrogens (tertiary/aromatic N) is 2. The van der Waals surface area contributed by atoms with Gasteiger partial charge in [0, 0.05) is 38.8 Å². The van der Waals surface area contributed by atoms with Gasteiger partial charge in [0.2, 0.25) is 5.91 Å². The van der Waals surface area contributed by atoms with Crippen LogP contribution in [0.25, 0.3) is 0 Å². The molecular weight excluding hydrogens is 254 g/mol. The Morgan fingerprint density at radius 2 is 2.00 bits per heavy atom. The van der Waals surface area contributed by atoms with Gasteiger partial charge in [0.05, 0.1) is 12.7 Å². The first-order chi connectivity index (χ1) is 9.50. The molecule has 2 heterocycles. The molecule has 0 aromatic heterocycles. The Labute approximate surface area is 122 Å². The van der Waals surface area contributed by atoms with E-state index in [2.05, 4.69) is 24.1 Å². The molecule has 2 rings (SSSR count). The van der Waals surface area contributed by atoms with Crippen molar-refractivity contribution in [2.75, 3.05) is 33.3 Å². The van der Waals surface area contributed by atoms with Crippen molar-refractivity contribution in [1.82, 2.24) is 15.1 Å². The molecule has 116 valence electrons. The summed E-state index contributed by atoms with van der Waals surface area (Å²) in [6.45, 7) is 10.1. The highest BCUT2D eigenvalue weighted by Crippen LogP contribution is 2.19. The highest BCUT2D eigenvalue weighted by Gasteiger charge is 2.34. The van der Waals surface area contributed by atoms with Crippen LogP contribution < -0.4 is 5.32 Å². The topological polar surface area (TPSA) is 44.8 Å². The van der Waals surface area contributed by atoms with Crippen LogP contribution >= 0.6 is 0 Å². The van der Waals surface area contributed by atoms with Gasteiger partial charge in [-0.25, -0.2) is 0 Å². The van der Waals surface area contributed by atoms with E-state index in [1.54, 1.807) is 0 Å². The lowest BCUT2D eigenvalue weighted by Gasteiger charge is -2.40. The van der Waals surface area contributed by atoms with E-state index in [4.69, 9.17) is 4.74 Å². The zero-order valence-corrected chi connectivity index (χ0v) is 13.3. The van der Waals surface area contributed by atoms with Crippen LogP contribution in [0.2, 0.25) is 0 Å². The van der Waals surface area contributed by atoms with Crippen LogP contribution in [0.5, 0.6) is 0 Å². The van der Waals surface area contributed by atoms with E-state index in [1.807, 2.05) is 18.9 Å². The number of ether oxygens (including phenoxy) is 1. The third-order valence-corrected chi connectivity index (χ3v) is 4.71. The fourth-order valence-electron chi connectivity index (χ4n) is 3.20. The first-order valence-electron chi connectivity index (χ1n) is 7.86. The molecule has 0 spiro atoms. The van der Waals surface area contributed by atoms with Crippen molar-refractivity contribution >= 4 is 5.91 Å². The summed E-state index contributed by atoms with van der Waals surface area (Å²) >= 11 is 0. The van der Waals surface area contributed by atoms with Gasteiger partial charge in [0.25, 0.3) is 0 Å². The third kappa shape index (κ3) is 3.51. The van der Waals surface area contributed by atoms with Crippen molar-refractivity contribution in [3.63, 3.8) is 0 Å². The van der Waals surface area contributed by atoms with E-state index in [9.17, 15) is 4.79 Å². The molecule has 0 unspecified atom stereocenters. The molecule has 0 aromatic carbocycles. The molecule has 0 radical (unpaired) electrons. The first kappa shape index (κ1) is 15.7. The van der Waals surface area contributed by atoms with E-state index in [1.165, 1.54) is 0 Å². The zero-order chi connectivity index (χ0) is 14.7. The van der Waals surface area contributed by atoms with Gasteiger partial charge in [-0.05, 0) is 33.6 Å². The SMILES string of the molecule is CC(C)N1CCC(N(C)C(=O)[C@H]2NCCO[C@@H]2C)CC1. The molecule has 0 aliphatic carbocycles. The van der Waals surface area contributed by atoms with Gasteiger partial charge in [0.1, 0.15) is 6.04 Å². The number of hydrogen-bond acceptors (Lipinski definition) is 4. The minimum absolute atomic E-state index is 0.0329. The lowest BCUT2D eigenvalue weighted by Crippen LogP contribution is -2.58. The maximum absolute atomic E-state index is 12.6. The molecule has 20 heavy (non-hydrogen) atoms. The highest BCUT2D eigenvalue weighted by atomic mass is 16.5. The summed E-state index contributed by atoms with van der Waals surface area (Å²) in [5.74, 6) is 0.181. The van der Waals surface area contributed by atoms with Gasteiger partial charge in [-0.3, -0.25) is 4.79 Å². The van der Waals surface area contributed by atoms with Gasteiger partial charge < -0.3 is 19.9 Å². The molecule has 5 heteroatoms. The summed E-state index contributed by atoms with van der Waals surface area (Å²) in [5.41, 5.74) is 0. The van der Waals surface area contributed by atoms with Gasteiger partial charge in [-0.2, -0.15) is 0 Å². The summed E-state index contributed by atoms with van der Waals surface area (Å²) < 4.78 is 5.58. The Morgan fingerprint density at radius 1 is 1.35 bits per heavy atom. The summed E-state index contributed by atoms with van der Waals surface area (Å²) in [6.07, 6.45) is 2.11. The Kier molecular flexibility index (Phi) is 5.41. The van der Waals surface area contributed by atoms with E-state index >= 15 is 0 Å². The maximum atomic E-state index is 12.6. The lowest BCUT2D eigenvalue weighted by atomic mass is 10.0. The first-order valence-corrected chi connectivity index (χ1v) is 7.86. The summed E-state index contributed by atoms with van der Waals surface area (Å²) in [6, 6.07) is 0.788. The number of morpholine rings is 1. The van der Waals surface area contributed by atoms with E-state index in [0.717, 1.165) is 32.5 Å². The number of rotatable bonds is 3. The second kappa shape index (κ2) is 6.87. The van der Waals surface area contributed by atoms with Gasteiger partial charge in [-0.15, -0.1) is 0 Å². The quantitative estimate of drug-likeness (QED) is 0.828. The maximum Gasteiger partial charge on any atom is 0.242 e. The van der Waals surface area contributed by atoms with Crippen LogP contribution in [0.4, 0.5) is 0 Å². The van der Waals surface area contributed by atoms with Crippen LogP contribution in [0.3, 0.4) is 0 Å². The number of likely N-dealkylation sites (N-methyl/N-ethyl adjacent to an activating group) is 1. The van der Waals surface area contributed by atoms with Gasteiger partial charge >= 0.3 is 0 Å². The molecule has 0 bridgehead atoms. The molecule has 0 aromatic rings. The number of carbonyl (C=O) groups is 1. The van der Waals surface area contributed by atoms with E-state index in [0.29, 0.717) is 18.7 Å².